The van der Waals surface area contributed by atoms with Gasteiger partial charge in [-0.05, 0) is 30.7 Å². The Hall–Kier alpha value is -3.49. The van der Waals surface area contributed by atoms with E-state index in [2.05, 4.69) is 35.5 Å². The third-order valence-electron chi connectivity index (χ3n) is 4.81. The van der Waals surface area contributed by atoms with Crippen molar-refractivity contribution in [3.63, 3.8) is 0 Å². The summed E-state index contributed by atoms with van der Waals surface area (Å²) in [5, 5.41) is 10.2. The number of H-pyrrole nitrogens is 2. The summed E-state index contributed by atoms with van der Waals surface area (Å²) < 4.78 is 13.2. The first-order valence-corrected chi connectivity index (χ1v) is 9.09. The fourth-order valence-electron chi connectivity index (χ4n) is 3.19. The van der Waals surface area contributed by atoms with Crippen LogP contribution in [0.3, 0.4) is 0 Å². The van der Waals surface area contributed by atoms with Crippen molar-refractivity contribution in [2.75, 3.05) is 17.3 Å². The molecular weight excluding hydrogens is 359 g/mol. The van der Waals surface area contributed by atoms with Crippen LogP contribution in [0.5, 0.6) is 0 Å². The second kappa shape index (κ2) is 6.59. The Balaban J connectivity index is 1.29. The average molecular weight is 378 g/mol. The molecule has 9 heteroatoms. The number of alkyl halides is 1. The van der Waals surface area contributed by atoms with Crippen LogP contribution in [-0.4, -0.2) is 43.4 Å². The van der Waals surface area contributed by atoms with Gasteiger partial charge in [0.1, 0.15) is 12.0 Å². The van der Waals surface area contributed by atoms with Crippen LogP contribution in [-0.2, 0) is 6.54 Å². The van der Waals surface area contributed by atoms with E-state index in [1.54, 1.807) is 12.3 Å². The minimum absolute atomic E-state index is 0.0555. The maximum atomic E-state index is 13.2. The van der Waals surface area contributed by atoms with Crippen molar-refractivity contribution < 1.29 is 4.39 Å². The number of halogens is 1. The van der Waals surface area contributed by atoms with E-state index in [9.17, 15) is 4.39 Å². The maximum absolute atomic E-state index is 13.2. The zero-order valence-corrected chi connectivity index (χ0v) is 15.2. The lowest BCUT2D eigenvalue weighted by atomic mass is 10.3. The van der Waals surface area contributed by atoms with E-state index in [1.807, 2.05) is 42.4 Å². The first-order valence-electron chi connectivity index (χ1n) is 9.09. The molecule has 4 aromatic heterocycles. The third-order valence-corrected chi connectivity index (χ3v) is 4.81. The van der Waals surface area contributed by atoms with Crippen molar-refractivity contribution in [2.45, 2.75) is 25.1 Å². The van der Waals surface area contributed by atoms with E-state index in [1.165, 1.54) is 0 Å². The van der Waals surface area contributed by atoms with Gasteiger partial charge in [0, 0.05) is 37.1 Å². The normalized spacial score (nSPS) is 18.4. The minimum atomic E-state index is -0.758. The van der Waals surface area contributed by atoms with Crippen molar-refractivity contribution in [3.8, 4) is 0 Å². The largest absolute Gasteiger partial charge is 0.360 e. The Bertz CT molecular complexity index is 1120. The first-order chi connectivity index (χ1) is 13.7. The standard InChI is InChI=1S/C19H19FN8/c1-28(10-11-2-3-14-15(23-11)4-6-21-14)19-22-7-5-17(25-19)24-18-9-16(26-27-18)12-8-13(12)20/h2-7,9,12-13,21H,8,10H2,1H3,(H2,22,24,25,26,27)/t12-,13-/m0/s1. The lowest BCUT2D eigenvalue weighted by Gasteiger charge is -2.17. The zero-order valence-electron chi connectivity index (χ0n) is 15.2. The van der Waals surface area contributed by atoms with Crippen molar-refractivity contribution in [3.05, 3.63) is 54.1 Å². The number of rotatable bonds is 6. The minimum Gasteiger partial charge on any atom is -0.360 e. The summed E-state index contributed by atoms with van der Waals surface area (Å²) in [6.45, 7) is 0.580. The Morgan fingerprint density at radius 1 is 1.21 bits per heavy atom. The van der Waals surface area contributed by atoms with Crippen molar-refractivity contribution >= 4 is 28.6 Å². The molecule has 142 valence electrons. The highest BCUT2D eigenvalue weighted by Crippen LogP contribution is 2.43. The van der Waals surface area contributed by atoms with Crippen molar-refractivity contribution in [1.82, 2.24) is 30.1 Å². The molecular formula is C19H19FN8. The molecule has 1 fully saturated rings. The number of aromatic amines is 2. The van der Waals surface area contributed by atoms with Crippen LogP contribution >= 0.6 is 0 Å². The third kappa shape index (κ3) is 3.26. The number of hydrogen-bond donors (Lipinski definition) is 3. The molecule has 3 N–H and O–H groups in total. The smallest absolute Gasteiger partial charge is 0.227 e. The first kappa shape index (κ1) is 16.7. The van der Waals surface area contributed by atoms with Crippen LogP contribution in [0.1, 0.15) is 23.7 Å². The molecule has 0 spiro atoms. The molecule has 28 heavy (non-hydrogen) atoms. The van der Waals surface area contributed by atoms with Crippen molar-refractivity contribution in [2.24, 2.45) is 0 Å². The molecule has 0 aromatic carbocycles. The SMILES string of the molecule is CN(Cc1ccc2[nH]ccc2n1)c1nccc(Nc2cc([C@H]3C[C@@H]3F)[nH]n2)n1. The highest BCUT2D eigenvalue weighted by molar-refractivity contribution is 5.74. The Morgan fingerprint density at radius 3 is 2.96 bits per heavy atom. The Labute approximate surface area is 160 Å². The number of anilines is 3. The lowest BCUT2D eigenvalue weighted by Crippen LogP contribution is -2.20. The van der Waals surface area contributed by atoms with E-state index < -0.39 is 6.17 Å². The number of nitrogens with zero attached hydrogens (tertiary/aromatic N) is 5. The van der Waals surface area contributed by atoms with Gasteiger partial charge in [0.25, 0.3) is 0 Å². The fourth-order valence-corrected chi connectivity index (χ4v) is 3.19. The number of fused-ring (bicyclic) bond motifs is 1. The zero-order chi connectivity index (χ0) is 19.1. The number of hydrogen-bond acceptors (Lipinski definition) is 6. The summed E-state index contributed by atoms with van der Waals surface area (Å²) in [5.74, 6) is 1.75. The van der Waals surface area contributed by atoms with Gasteiger partial charge >= 0.3 is 0 Å². The average Bonchev–Trinajstić information content (AvgIpc) is 3.09. The van der Waals surface area contributed by atoms with E-state index in [0.717, 1.165) is 22.4 Å². The monoisotopic (exact) mass is 378 g/mol. The molecule has 0 aliphatic heterocycles. The molecule has 1 saturated carbocycles. The molecule has 2 atom stereocenters. The predicted octanol–water partition coefficient (Wildman–Crippen LogP) is 3.28. The van der Waals surface area contributed by atoms with Gasteiger partial charge in [-0.25, -0.2) is 14.4 Å². The van der Waals surface area contributed by atoms with Gasteiger partial charge in [-0.1, -0.05) is 0 Å². The molecule has 0 unspecified atom stereocenters. The number of nitrogens with one attached hydrogen (secondary N) is 3. The highest BCUT2D eigenvalue weighted by Gasteiger charge is 2.40. The maximum Gasteiger partial charge on any atom is 0.227 e. The van der Waals surface area contributed by atoms with Gasteiger partial charge in [0.15, 0.2) is 5.82 Å². The molecule has 0 amide bonds. The molecule has 5 rings (SSSR count). The molecule has 8 nitrogen and oxygen atoms in total. The van der Waals surface area contributed by atoms with E-state index in [4.69, 9.17) is 0 Å². The van der Waals surface area contributed by atoms with Gasteiger partial charge in [0.2, 0.25) is 5.95 Å². The van der Waals surface area contributed by atoms with E-state index in [0.29, 0.717) is 30.5 Å². The van der Waals surface area contributed by atoms with Crippen LogP contribution in [0.4, 0.5) is 22.0 Å². The second-order valence-corrected chi connectivity index (χ2v) is 7.00. The second-order valence-electron chi connectivity index (χ2n) is 7.00. The summed E-state index contributed by atoms with van der Waals surface area (Å²) in [6, 6.07) is 9.54. The molecule has 0 radical (unpaired) electrons. The Morgan fingerprint density at radius 2 is 2.11 bits per heavy atom. The van der Waals surface area contributed by atoms with Gasteiger partial charge in [-0.2, -0.15) is 10.1 Å². The van der Waals surface area contributed by atoms with Crippen LogP contribution in [0, 0.1) is 0 Å². The van der Waals surface area contributed by atoms with Gasteiger partial charge in [-0.15, -0.1) is 0 Å². The highest BCUT2D eigenvalue weighted by atomic mass is 19.1. The quantitative estimate of drug-likeness (QED) is 0.476. The predicted molar refractivity (Wildman–Crippen MR) is 104 cm³/mol. The van der Waals surface area contributed by atoms with E-state index in [-0.39, 0.29) is 5.92 Å². The van der Waals surface area contributed by atoms with Crippen LogP contribution in [0.15, 0.2) is 42.7 Å². The molecule has 1 aliphatic rings. The van der Waals surface area contributed by atoms with Crippen LogP contribution < -0.4 is 10.2 Å². The Kier molecular flexibility index (Phi) is 3.92. The van der Waals surface area contributed by atoms with Gasteiger partial charge in [-0.3, -0.25) is 5.10 Å². The van der Waals surface area contributed by atoms with E-state index >= 15 is 0 Å². The topological polar surface area (TPSA) is 98.4 Å². The van der Waals surface area contributed by atoms with Crippen LogP contribution in [0.25, 0.3) is 11.0 Å². The molecule has 0 saturated heterocycles. The fraction of sp³-hybridized carbons (Fsp3) is 0.263. The molecule has 1 aliphatic carbocycles. The number of pyridine rings is 1. The molecule has 4 aromatic rings. The van der Waals surface area contributed by atoms with Gasteiger partial charge < -0.3 is 15.2 Å². The number of aromatic nitrogens is 6. The summed E-state index contributed by atoms with van der Waals surface area (Å²) >= 11 is 0. The van der Waals surface area contributed by atoms with Crippen LogP contribution in [0.2, 0.25) is 0 Å². The summed E-state index contributed by atoms with van der Waals surface area (Å²) in [4.78, 5) is 18.6. The summed E-state index contributed by atoms with van der Waals surface area (Å²) in [6.07, 6.45) is 3.37. The molecule has 0 bridgehead atoms. The van der Waals surface area contributed by atoms with Crippen molar-refractivity contribution in [1.29, 1.82) is 0 Å². The molecule has 4 heterocycles. The lowest BCUT2D eigenvalue weighted by molar-refractivity contribution is 0.466. The summed E-state index contributed by atoms with van der Waals surface area (Å²) in [7, 11) is 1.92. The van der Waals surface area contributed by atoms with Gasteiger partial charge in [0.05, 0.1) is 23.3 Å². The summed E-state index contributed by atoms with van der Waals surface area (Å²) in [5.41, 5.74) is 3.69.